The number of nitrogens with one attached hydrogen (secondary N) is 1. The molecule has 0 bridgehead atoms. The Morgan fingerprint density at radius 1 is 1.18 bits per heavy atom. The van der Waals surface area contributed by atoms with Crippen molar-refractivity contribution < 1.29 is 4.79 Å². The third kappa shape index (κ3) is 4.07. The minimum Gasteiger partial charge on any atom is -0.325 e. The number of carbonyl (C=O) groups excluding carboxylic acids is 1. The van der Waals surface area contributed by atoms with Crippen molar-refractivity contribution in [3.63, 3.8) is 0 Å². The Labute approximate surface area is 167 Å². The summed E-state index contributed by atoms with van der Waals surface area (Å²) in [6, 6.07) is 15.9. The van der Waals surface area contributed by atoms with Crippen molar-refractivity contribution in [1.82, 2.24) is 9.55 Å². The quantitative estimate of drug-likeness (QED) is 0.524. The van der Waals surface area contributed by atoms with Gasteiger partial charge in [-0.25, -0.2) is 4.98 Å². The number of para-hydroxylation sites is 1. The number of fused-ring (bicyclic) bond motifs is 1. The summed E-state index contributed by atoms with van der Waals surface area (Å²) in [5.41, 5.74) is 1.53. The van der Waals surface area contributed by atoms with E-state index < -0.39 is 5.25 Å². The number of carbonyl (C=O) groups is 1. The van der Waals surface area contributed by atoms with Crippen LogP contribution in [0.5, 0.6) is 0 Å². The van der Waals surface area contributed by atoms with Crippen LogP contribution < -0.4 is 10.9 Å². The minimum absolute atomic E-state index is 0.0883. The van der Waals surface area contributed by atoms with Gasteiger partial charge in [0.1, 0.15) is 0 Å². The molecule has 7 heteroatoms. The molecule has 2 aromatic carbocycles. The number of aromatic nitrogens is 2. The summed E-state index contributed by atoms with van der Waals surface area (Å²) in [5, 5.41) is 12.4. The highest BCUT2D eigenvalue weighted by Crippen LogP contribution is 2.25. The molecule has 1 aromatic heterocycles. The Morgan fingerprint density at radius 2 is 1.93 bits per heavy atom. The lowest BCUT2D eigenvalue weighted by Gasteiger charge is -2.18. The van der Waals surface area contributed by atoms with Crippen molar-refractivity contribution in [3.8, 4) is 6.07 Å². The molecule has 0 fully saturated rings. The van der Waals surface area contributed by atoms with Gasteiger partial charge in [-0.1, -0.05) is 30.0 Å². The molecule has 3 rings (SSSR count). The molecule has 0 aliphatic rings. The molecule has 3 aromatic rings. The smallest absolute Gasteiger partial charge is 0.262 e. The molecule has 0 saturated carbocycles. The van der Waals surface area contributed by atoms with E-state index in [0.29, 0.717) is 27.3 Å². The molecule has 6 nitrogen and oxygen atoms in total. The molecule has 142 valence electrons. The van der Waals surface area contributed by atoms with Gasteiger partial charge >= 0.3 is 0 Å². The van der Waals surface area contributed by atoms with Crippen LogP contribution in [0.1, 0.15) is 32.4 Å². The maximum Gasteiger partial charge on any atom is 0.262 e. The van der Waals surface area contributed by atoms with Gasteiger partial charge in [0.05, 0.1) is 27.8 Å². The van der Waals surface area contributed by atoms with Crippen LogP contribution in [0.2, 0.25) is 0 Å². The predicted molar refractivity (Wildman–Crippen MR) is 111 cm³/mol. The van der Waals surface area contributed by atoms with Crippen LogP contribution in [0.15, 0.2) is 58.5 Å². The third-order valence-corrected chi connectivity index (χ3v) is 5.27. The molecule has 1 amide bonds. The SMILES string of the molecule is CC(C)n1c(S[C@H](C)C(=O)Nc2cccc(C#N)c2)nc2ccccc2c1=O. The Kier molecular flexibility index (Phi) is 5.81. The molecule has 0 aliphatic carbocycles. The highest BCUT2D eigenvalue weighted by molar-refractivity contribution is 8.00. The molecular formula is C21H20N4O2S. The van der Waals surface area contributed by atoms with Crippen LogP contribution in [-0.4, -0.2) is 20.7 Å². The van der Waals surface area contributed by atoms with Gasteiger partial charge < -0.3 is 5.32 Å². The number of benzene rings is 2. The third-order valence-electron chi connectivity index (χ3n) is 4.20. The lowest BCUT2D eigenvalue weighted by molar-refractivity contribution is -0.115. The zero-order valence-electron chi connectivity index (χ0n) is 15.8. The second-order valence-electron chi connectivity index (χ2n) is 6.62. The molecule has 1 atom stereocenters. The Hall–Kier alpha value is -3.11. The number of thioether (sulfide) groups is 1. The number of anilines is 1. The number of hydrogen-bond donors (Lipinski definition) is 1. The molecule has 0 unspecified atom stereocenters. The first-order valence-electron chi connectivity index (χ1n) is 8.89. The van der Waals surface area contributed by atoms with Gasteiger partial charge in [0, 0.05) is 11.7 Å². The monoisotopic (exact) mass is 392 g/mol. The molecule has 0 saturated heterocycles. The second kappa shape index (κ2) is 8.28. The van der Waals surface area contributed by atoms with Crippen molar-refractivity contribution in [1.29, 1.82) is 5.26 Å². The van der Waals surface area contributed by atoms with Crippen molar-refractivity contribution in [2.45, 2.75) is 37.2 Å². The number of nitriles is 1. The van der Waals surface area contributed by atoms with Crippen LogP contribution in [-0.2, 0) is 4.79 Å². The largest absolute Gasteiger partial charge is 0.325 e. The van der Waals surface area contributed by atoms with E-state index in [0.717, 1.165) is 0 Å². The summed E-state index contributed by atoms with van der Waals surface area (Å²) in [6.45, 7) is 5.60. The summed E-state index contributed by atoms with van der Waals surface area (Å²) in [6.07, 6.45) is 0. The average molecular weight is 392 g/mol. The van der Waals surface area contributed by atoms with E-state index in [1.54, 1.807) is 47.9 Å². The summed E-state index contributed by atoms with van der Waals surface area (Å²) in [5.74, 6) is -0.224. The second-order valence-corrected chi connectivity index (χ2v) is 7.93. The average Bonchev–Trinajstić information content (AvgIpc) is 2.68. The number of nitrogens with zero attached hydrogens (tertiary/aromatic N) is 3. The number of rotatable bonds is 5. The first kappa shape index (κ1) is 19.6. The minimum atomic E-state index is -0.483. The molecular weight excluding hydrogens is 372 g/mol. The lowest BCUT2D eigenvalue weighted by Crippen LogP contribution is -2.28. The number of hydrogen-bond acceptors (Lipinski definition) is 5. The van der Waals surface area contributed by atoms with Crippen LogP contribution in [0.4, 0.5) is 5.69 Å². The Morgan fingerprint density at radius 3 is 2.64 bits per heavy atom. The standard InChI is InChI=1S/C21H20N4O2S/c1-13(2)25-20(27)17-9-4-5-10-18(17)24-21(25)28-14(3)19(26)23-16-8-6-7-15(11-16)12-22/h4-11,13-14H,1-3H3,(H,23,26)/t14-/m1/s1. The van der Waals surface area contributed by atoms with Crippen molar-refractivity contribution in [2.75, 3.05) is 5.32 Å². The highest BCUT2D eigenvalue weighted by Gasteiger charge is 2.20. The molecule has 1 N–H and O–H groups in total. The highest BCUT2D eigenvalue weighted by atomic mass is 32.2. The molecule has 0 spiro atoms. The zero-order chi connectivity index (χ0) is 20.3. The van der Waals surface area contributed by atoms with E-state index in [2.05, 4.69) is 10.3 Å². The van der Waals surface area contributed by atoms with Gasteiger partial charge in [-0.15, -0.1) is 0 Å². The summed E-state index contributed by atoms with van der Waals surface area (Å²) < 4.78 is 1.62. The van der Waals surface area contributed by atoms with Crippen LogP contribution >= 0.6 is 11.8 Å². The van der Waals surface area contributed by atoms with Gasteiger partial charge in [-0.3, -0.25) is 14.2 Å². The van der Waals surface area contributed by atoms with E-state index in [1.807, 2.05) is 32.0 Å². The predicted octanol–water partition coefficient (Wildman–Crippen LogP) is 3.97. The van der Waals surface area contributed by atoms with Gasteiger partial charge in [-0.05, 0) is 51.1 Å². The lowest BCUT2D eigenvalue weighted by atomic mass is 10.2. The summed E-state index contributed by atoms with van der Waals surface area (Å²) in [4.78, 5) is 30.1. The molecule has 0 aliphatic heterocycles. The first-order chi connectivity index (χ1) is 13.4. The van der Waals surface area contributed by atoms with Crippen molar-refractivity contribution in [2.24, 2.45) is 0 Å². The molecule has 0 radical (unpaired) electrons. The normalized spacial score (nSPS) is 12.0. The maximum absolute atomic E-state index is 12.9. The fourth-order valence-electron chi connectivity index (χ4n) is 2.79. The van der Waals surface area contributed by atoms with E-state index in [4.69, 9.17) is 5.26 Å². The summed E-state index contributed by atoms with van der Waals surface area (Å²) in [7, 11) is 0. The van der Waals surface area contributed by atoms with Gasteiger partial charge in [0.25, 0.3) is 5.56 Å². The van der Waals surface area contributed by atoms with Gasteiger partial charge in [0.15, 0.2) is 5.16 Å². The maximum atomic E-state index is 12.9. The summed E-state index contributed by atoms with van der Waals surface area (Å²) >= 11 is 1.24. The molecule has 28 heavy (non-hydrogen) atoms. The van der Waals surface area contributed by atoms with E-state index in [1.165, 1.54) is 11.8 Å². The van der Waals surface area contributed by atoms with E-state index >= 15 is 0 Å². The fraction of sp³-hybridized carbons (Fsp3) is 0.238. The fourth-order valence-corrected chi connectivity index (χ4v) is 3.83. The first-order valence-corrected chi connectivity index (χ1v) is 9.77. The molecule has 1 heterocycles. The Bertz CT molecular complexity index is 1130. The van der Waals surface area contributed by atoms with E-state index in [9.17, 15) is 9.59 Å². The number of amides is 1. The zero-order valence-corrected chi connectivity index (χ0v) is 16.7. The van der Waals surface area contributed by atoms with Crippen LogP contribution in [0, 0.1) is 11.3 Å². The van der Waals surface area contributed by atoms with Crippen LogP contribution in [0.3, 0.4) is 0 Å². The van der Waals surface area contributed by atoms with Gasteiger partial charge in [-0.2, -0.15) is 5.26 Å². The van der Waals surface area contributed by atoms with Crippen molar-refractivity contribution in [3.05, 3.63) is 64.4 Å². The van der Waals surface area contributed by atoms with Crippen LogP contribution in [0.25, 0.3) is 10.9 Å². The Balaban J connectivity index is 1.88. The van der Waals surface area contributed by atoms with Crippen molar-refractivity contribution >= 4 is 34.3 Å². The topological polar surface area (TPSA) is 87.8 Å². The van der Waals surface area contributed by atoms with E-state index in [-0.39, 0.29) is 17.5 Å². The van der Waals surface area contributed by atoms with Gasteiger partial charge in [0.2, 0.25) is 5.91 Å².